The zero-order valence-electron chi connectivity index (χ0n) is 9.61. The van der Waals surface area contributed by atoms with Gasteiger partial charge in [0.05, 0.1) is 22.1 Å². The second-order valence-corrected chi connectivity index (χ2v) is 6.08. The molecule has 2 N–H and O–H groups in total. The van der Waals surface area contributed by atoms with Gasteiger partial charge < -0.3 is 5.11 Å². The molecule has 2 heterocycles. The predicted molar refractivity (Wildman–Crippen MR) is 70.2 cm³/mol. The molecule has 5 nitrogen and oxygen atoms in total. The molecule has 0 saturated carbocycles. The number of carbonyl (C=O) groups is 1. The maximum Gasteiger partial charge on any atom is 0.321 e. The van der Waals surface area contributed by atoms with Crippen LogP contribution >= 0.6 is 27.7 Å². The first-order valence-corrected chi connectivity index (χ1v) is 7.13. The van der Waals surface area contributed by atoms with Crippen molar-refractivity contribution in [3.63, 3.8) is 0 Å². The SMILES string of the molecule is Cc1nn(C[C@@H]2N[C@H](C(=O)O)CS2)c(C)c1Br. The second kappa shape index (κ2) is 4.99. The highest BCUT2D eigenvalue weighted by atomic mass is 79.9. The van der Waals surface area contributed by atoms with Crippen molar-refractivity contribution in [3.05, 3.63) is 15.9 Å². The van der Waals surface area contributed by atoms with Crippen LogP contribution in [0.15, 0.2) is 4.47 Å². The predicted octanol–water partition coefficient (Wildman–Crippen LogP) is 1.38. The van der Waals surface area contributed by atoms with Crippen LogP contribution in [0, 0.1) is 13.8 Å². The molecule has 0 aromatic carbocycles. The van der Waals surface area contributed by atoms with Gasteiger partial charge in [-0.3, -0.25) is 14.8 Å². The van der Waals surface area contributed by atoms with Crippen LogP contribution in [-0.2, 0) is 11.3 Å². The minimum absolute atomic E-state index is 0.112. The third-order valence-electron chi connectivity index (χ3n) is 2.78. The molecule has 0 unspecified atom stereocenters. The van der Waals surface area contributed by atoms with Crippen molar-refractivity contribution >= 4 is 33.7 Å². The Morgan fingerprint density at radius 1 is 1.71 bits per heavy atom. The van der Waals surface area contributed by atoms with E-state index in [2.05, 4.69) is 26.3 Å². The van der Waals surface area contributed by atoms with Crippen molar-refractivity contribution in [2.75, 3.05) is 5.75 Å². The van der Waals surface area contributed by atoms with Crippen LogP contribution < -0.4 is 5.32 Å². The van der Waals surface area contributed by atoms with Crippen LogP contribution in [-0.4, -0.2) is 38.0 Å². The lowest BCUT2D eigenvalue weighted by molar-refractivity contribution is -0.138. The Hall–Kier alpha value is -0.530. The van der Waals surface area contributed by atoms with Gasteiger partial charge in [0.2, 0.25) is 0 Å². The van der Waals surface area contributed by atoms with Gasteiger partial charge in [-0.15, -0.1) is 11.8 Å². The molecule has 1 aliphatic heterocycles. The first kappa shape index (κ1) is 12.9. The number of carboxylic acid groups (broad SMARTS) is 1. The van der Waals surface area contributed by atoms with Crippen molar-refractivity contribution in [2.24, 2.45) is 0 Å². The van der Waals surface area contributed by atoms with E-state index in [0.717, 1.165) is 15.9 Å². The van der Waals surface area contributed by atoms with Crippen molar-refractivity contribution in [3.8, 4) is 0 Å². The quantitative estimate of drug-likeness (QED) is 0.881. The van der Waals surface area contributed by atoms with E-state index in [-0.39, 0.29) is 5.37 Å². The van der Waals surface area contributed by atoms with Crippen LogP contribution in [0.4, 0.5) is 0 Å². The Balaban J connectivity index is 2.03. The number of halogens is 1. The Morgan fingerprint density at radius 3 is 2.88 bits per heavy atom. The number of aliphatic carboxylic acids is 1. The fourth-order valence-electron chi connectivity index (χ4n) is 1.79. The van der Waals surface area contributed by atoms with Gasteiger partial charge in [0.1, 0.15) is 6.04 Å². The molecule has 17 heavy (non-hydrogen) atoms. The molecule has 1 saturated heterocycles. The number of hydrogen-bond donors (Lipinski definition) is 2. The van der Waals surface area contributed by atoms with Gasteiger partial charge in [0.25, 0.3) is 0 Å². The van der Waals surface area contributed by atoms with Gasteiger partial charge in [-0.25, -0.2) is 0 Å². The summed E-state index contributed by atoms with van der Waals surface area (Å²) in [5.41, 5.74) is 2.03. The van der Waals surface area contributed by atoms with E-state index in [0.29, 0.717) is 12.3 Å². The van der Waals surface area contributed by atoms with Crippen molar-refractivity contribution in [1.29, 1.82) is 0 Å². The fraction of sp³-hybridized carbons (Fsp3) is 0.600. The highest BCUT2D eigenvalue weighted by molar-refractivity contribution is 9.10. The molecule has 0 amide bonds. The van der Waals surface area contributed by atoms with Gasteiger partial charge >= 0.3 is 5.97 Å². The summed E-state index contributed by atoms with van der Waals surface area (Å²) in [7, 11) is 0. The number of aryl methyl sites for hydroxylation is 1. The lowest BCUT2D eigenvalue weighted by atomic mass is 10.3. The van der Waals surface area contributed by atoms with Crippen LogP contribution in [0.1, 0.15) is 11.4 Å². The molecule has 2 atom stereocenters. The van der Waals surface area contributed by atoms with E-state index in [4.69, 9.17) is 5.11 Å². The average Bonchev–Trinajstić information content (AvgIpc) is 2.82. The largest absolute Gasteiger partial charge is 0.480 e. The van der Waals surface area contributed by atoms with Gasteiger partial charge in [-0.2, -0.15) is 5.10 Å². The van der Waals surface area contributed by atoms with E-state index >= 15 is 0 Å². The van der Waals surface area contributed by atoms with Gasteiger partial charge in [0, 0.05) is 11.4 Å². The zero-order valence-corrected chi connectivity index (χ0v) is 12.0. The number of nitrogens with one attached hydrogen (secondary N) is 1. The molecule has 7 heteroatoms. The molecule has 0 spiro atoms. The standard InChI is InChI=1S/C10H14BrN3O2S/c1-5-9(11)6(2)14(13-5)3-8-12-7(4-17-8)10(15)16/h7-8,12H,3-4H2,1-2H3,(H,15,16)/t7-,8+/m0/s1. The molecule has 1 aromatic rings. The number of carboxylic acids is 1. The molecule has 1 fully saturated rings. The molecular weight excluding hydrogens is 306 g/mol. The minimum atomic E-state index is -0.783. The summed E-state index contributed by atoms with van der Waals surface area (Å²) in [6, 6.07) is -0.439. The summed E-state index contributed by atoms with van der Waals surface area (Å²) in [6.07, 6.45) is 0. The van der Waals surface area contributed by atoms with Crippen LogP contribution in [0.25, 0.3) is 0 Å². The molecule has 94 valence electrons. The molecule has 0 aliphatic carbocycles. The summed E-state index contributed by atoms with van der Waals surface area (Å²) in [4.78, 5) is 10.8. The van der Waals surface area contributed by atoms with Crippen molar-refractivity contribution < 1.29 is 9.90 Å². The van der Waals surface area contributed by atoms with E-state index in [1.165, 1.54) is 0 Å². The summed E-state index contributed by atoms with van der Waals surface area (Å²) >= 11 is 5.11. The lowest BCUT2D eigenvalue weighted by Gasteiger charge is -2.12. The molecule has 2 rings (SSSR count). The van der Waals surface area contributed by atoms with Crippen molar-refractivity contribution in [1.82, 2.24) is 15.1 Å². The smallest absolute Gasteiger partial charge is 0.321 e. The van der Waals surface area contributed by atoms with E-state index < -0.39 is 12.0 Å². The number of hydrogen-bond acceptors (Lipinski definition) is 4. The third-order valence-corrected chi connectivity index (χ3v) is 5.14. The molecule has 0 bridgehead atoms. The zero-order chi connectivity index (χ0) is 12.6. The maximum atomic E-state index is 10.8. The molecular formula is C10H14BrN3O2S. The summed E-state index contributed by atoms with van der Waals surface area (Å²) in [5.74, 6) is -0.171. The van der Waals surface area contributed by atoms with E-state index in [1.54, 1.807) is 11.8 Å². The van der Waals surface area contributed by atoms with Crippen LogP contribution in [0.5, 0.6) is 0 Å². The van der Waals surface area contributed by atoms with Gasteiger partial charge in [-0.05, 0) is 29.8 Å². The van der Waals surface area contributed by atoms with Gasteiger partial charge in [0.15, 0.2) is 0 Å². The van der Waals surface area contributed by atoms with E-state index in [9.17, 15) is 4.79 Å². The number of nitrogens with zero attached hydrogens (tertiary/aromatic N) is 2. The summed E-state index contributed by atoms with van der Waals surface area (Å²) < 4.78 is 2.93. The number of aromatic nitrogens is 2. The number of rotatable bonds is 3. The lowest BCUT2D eigenvalue weighted by Crippen LogP contribution is -2.38. The van der Waals surface area contributed by atoms with Crippen LogP contribution in [0.3, 0.4) is 0 Å². The topological polar surface area (TPSA) is 67.2 Å². The Morgan fingerprint density at radius 2 is 2.41 bits per heavy atom. The average molecular weight is 320 g/mol. The number of thioether (sulfide) groups is 1. The highest BCUT2D eigenvalue weighted by Crippen LogP contribution is 2.24. The Labute approximate surface area is 112 Å². The molecule has 0 radical (unpaired) electrons. The first-order valence-electron chi connectivity index (χ1n) is 5.29. The molecule has 1 aliphatic rings. The van der Waals surface area contributed by atoms with Gasteiger partial charge in [-0.1, -0.05) is 0 Å². The fourth-order valence-corrected chi connectivity index (χ4v) is 3.25. The van der Waals surface area contributed by atoms with E-state index in [1.807, 2.05) is 18.5 Å². The van der Waals surface area contributed by atoms with Crippen LogP contribution in [0.2, 0.25) is 0 Å². The molecule has 1 aromatic heterocycles. The highest BCUT2D eigenvalue weighted by Gasteiger charge is 2.30. The van der Waals surface area contributed by atoms with Crippen molar-refractivity contribution in [2.45, 2.75) is 31.8 Å². The third kappa shape index (κ3) is 2.66. The summed E-state index contributed by atoms with van der Waals surface area (Å²) in [5, 5.41) is 16.5. The second-order valence-electron chi connectivity index (χ2n) is 4.05. The minimum Gasteiger partial charge on any atom is -0.480 e. The monoisotopic (exact) mass is 319 g/mol. The normalized spacial score (nSPS) is 24.2. The Kier molecular flexibility index (Phi) is 3.79. The first-order chi connectivity index (χ1) is 7.99. The Bertz CT molecular complexity index is 449. The summed E-state index contributed by atoms with van der Waals surface area (Å²) in [6.45, 7) is 4.63. The maximum absolute atomic E-state index is 10.8.